The van der Waals surface area contributed by atoms with Gasteiger partial charge in [0.25, 0.3) is 0 Å². The maximum Gasteiger partial charge on any atom is 0.106 e. The van der Waals surface area contributed by atoms with Gasteiger partial charge in [-0.2, -0.15) is 0 Å². The number of hydrogen-bond donors (Lipinski definition) is 1. The van der Waals surface area contributed by atoms with E-state index >= 15 is 0 Å². The van der Waals surface area contributed by atoms with E-state index < -0.39 is 0 Å². The largest absolute Gasteiger partial charge is 0.466 e. The molecule has 102 valence electrons. The Morgan fingerprint density at radius 2 is 1.95 bits per heavy atom. The lowest BCUT2D eigenvalue weighted by Crippen LogP contribution is -2.17. The smallest absolute Gasteiger partial charge is 0.106 e. The SMILES string of the molecule is Cc1cc(C(N)c2cnnn2-c2ccccc2)c(C)o1. The van der Waals surface area contributed by atoms with Gasteiger partial charge in [-0.3, -0.25) is 0 Å². The molecule has 5 heteroatoms. The Balaban J connectivity index is 2.04. The van der Waals surface area contributed by atoms with Crippen molar-refractivity contribution in [2.75, 3.05) is 0 Å². The van der Waals surface area contributed by atoms with Crippen LogP contribution in [0.3, 0.4) is 0 Å². The van der Waals surface area contributed by atoms with Crippen LogP contribution in [0.1, 0.15) is 28.8 Å². The first-order chi connectivity index (χ1) is 9.66. The Bertz CT molecular complexity index is 715. The summed E-state index contributed by atoms with van der Waals surface area (Å²) < 4.78 is 7.31. The summed E-state index contributed by atoms with van der Waals surface area (Å²) in [5, 5.41) is 8.11. The molecule has 1 atom stereocenters. The third kappa shape index (κ3) is 2.12. The molecule has 0 amide bonds. The second-order valence-electron chi connectivity index (χ2n) is 4.75. The van der Waals surface area contributed by atoms with Gasteiger partial charge in [0.05, 0.1) is 23.6 Å². The van der Waals surface area contributed by atoms with Crippen molar-refractivity contribution in [1.82, 2.24) is 15.0 Å². The second kappa shape index (κ2) is 4.94. The molecule has 5 nitrogen and oxygen atoms in total. The van der Waals surface area contributed by atoms with E-state index in [0.717, 1.165) is 28.5 Å². The summed E-state index contributed by atoms with van der Waals surface area (Å²) >= 11 is 0. The van der Waals surface area contributed by atoms with Crippen molar-refractivity contribution < 1.29 is 4.42 Å². The van der Waals surface area contributed by atoms with Gasteiger partial charge < -0.3 is 10.2 Å². The zero-order valence-electron chi connectivity index (χ0n) is 11.4. The Labute approximate surface area is 117 Å². The van der Waals surface area contributed by atoms with E-state index in [-0.39, 0.29) is 6.04 Å². The zero-order chi connectivity index (χ0) is 14.1. The number of nitrogens with two attached hydrogens (primary N) is 1. The molecule has 2 N–H and O–H groups in total. The molecule has 0 aliphatic carbocycles. The highest BCUT2D eigenvalue weighted by molar-refractivity contribution is 5.36. The minimum absolute atomic E-state index is 0.317. The summed E-state index contributed by atoms with van der Waals surface area (Å²) in [6.07, 6.45) is 1.69. The van der Waals surface area contributed by atoms with E-state index in [4.69, 9.17) is 10.2 Å². The summed E-state index contributed by atoms with van der Waals surface area (Å²) in [6, 6.07) is 11.5. The molecule has 3 rings (SSSR count). The van der Waals surface area contributed by atoms with E-state index in [9.17, 15) is 0 Å². The minimum atomic E-state index is -0.317. The fourth-order valence-corrected chi connectivity index (χ4v) is 2.34. The second-order valence-corrected chi connectivity index (χ2v) is 4.75. The molecular formula is C15H16N4O. The van der Waals surface area contributed by atoms with Gasteiger partial charge in [-0.15, -0.1) is 5.10 Å². The molecule has 0 aliphatic heterocycles. The van der Waals surface area contributed by atoms with Gasteiger partial charge >= 0.3 is 0 Å². The molecule has 0 aliphatic rings. The summed E-state index contributed by atoms with van der Waals surface area (Å²) in [4.78, 5) is 0. The topological polar surface area (TPSA) is 69.9 Å². The maximum atomic E-state index is 6.35. The van der Waals surface area contributed by atoms with Crippen LogP contribution in [0.15, 0.2) is 47.0 Å². The van der Waals surface area contributed by atoms with E-state index in [0.29, 0.717) is 0 Å². The molecule has 20 heavy (non-hydrogen) atoms. The highest BCUT2D eigenvalue weighted by Gasteiger charge is 2.20. The summed E-state index contributed by atoms with van der Waals surface area (Å²) in [5.41, 5.74) is 9.08. The first-order valence-electron chi connectivity index (χ1n) is 6.45. The summed E-state index contributed by atoms with van der Waals surface area (Å²) in [5.74, 6) is 1.68. The van der Waals surface area contributed by atoms with Gasteiger partial charge in [-0.1, -0.05) is 23.4 Å². The minimum Gasteiger partial charge on any atom is -0.466 e. The molecule has 0 spiro atoms. The lowest BCUT2D eigenvalue weighted by atomic mass is 10.1. The number of aryl methyl sites for hydroxylation is 2. The molecule has 2 aromatic heterocycles. The van der Waals surface area contributed by atoms with Crippen molar-refractivity contribution in [3.05, 3.63) is 65.4 Å². The predicted molar refractivity (Wildman–Crippen MR) is 75.6 cm³/mol. The fraction of sp³-hybridized carbons (Fsp3) is 0.200. The zero-order valence-corrected chi connectivity index (χ0v) is 11.4. The Kier molecular flexibility index (Phi) is 3.12. The van der Waals surface area contributed by atoms with Crippen molar-refractivity contribution in [2.24, 2.45) is 5.73 Å². The molecule has 0 radical (unpaired) electrons. The van der Waals surface area contributed by atoms with Crippen LogP contribution < -0.4 is 5.73 Å². The van der Waals surface area contributed by atoms with E-state index in [1.165, 1.54) is 0 Å². The lowest BCUT2D eigenvalue weighted by molar-refractivity contribution is 0.499. The highest BCUT2D eigenvalue weighted by Crippen LogP contribution is 2.26. The van der Waals surface area contributed by atoms with Gasteiger partial charge in [-0.05, 0) is 32.0 Å². The van der Waals surface area contributed by atoms with Gasteiger partial charge in [0.1, 0.15) is 11.5 Å². The van der Waals surface area contributed by atoms with Crippen molar-refractivity contribution >= 4 is 0 Å². The molecule has 0 bridgehead atoms. The van der Waals surface area contributed by atoms with Crippen LogP contribution in [-0.4, -0.2) is 15.0 Å². The number of hydrogen-bond acceptors (Lipinski definition) is 4. The number of aromatic nitrogens is 3. The molecule has 0 saturated heterocycles. The first kappa shape index (κ1) is 12.6. The molecule has 3 aromatic rings. The van der Waals surface area contributed by atoms with Gasteiger partial charge in [0.2, 0.25) is 0 Å². The highest BCUT2D eigenvalue weighted by atomic mass is 16.3. The standard InChI is InChI=1S/C15H16N4O/c1-10-8-13(11(2)20-10)15(16)14-9-17-18-19(14)12-6-4-3-5-7-12/h3-9,15H,16H2,1-2H3. The quantitative estimate of drug-likeness (QED) is 0.792. The molecule has 0 saturated carbocycles. The Hall–Kier alpha value is -2.40. The van der Waals surface area contributed by atoms with Crippen LogP contribution in [0.2, 0.25) is 0 Å². The van der Waals surface area contributed by atoms with Crippen LogP contribution >= 0.6 is 0 Å². The monoisotopic (exact) mass is 268 g/mol. The van der Waals surface area contributed by atoms with Gasteiger partial charge in [-0.25, -0.2) is 4.68 Å². The fourth-order valence-electron chi connectivity index (χ4n) is 2.34. The molecular weight excluding hydrogens is 252 g/mol. The van der Waals surface area contributed by atoms with Gasteiger partial charge in [0.15, 0.2) is 0 Å². The predicted octanol–water partition coefficient (Wildman–Crippen LogP) is 2.53. The average molecular weight is 268 g/mol. The van der Waals surface area contributed by atoms with Crippen LogP contribution in [0, 0.1) is 13.8 Å². The number of rotatable bonds is 3. The summed E-state index contributed by atoms with van der Waals surface area (Å²) in [6.45, 7) is 3.83. The third-order valence-electron chi connectivity index (χ3n) is 3.31. The molecule has 1 unspecified atom stereocenters. The van der Waals surface area contributed by atoms with Crippen LogP contribution in [0.5, 0.6) is 0 Å². The Morgan fingerprint density at radius 3 is 2.60 bits per heavy atom. The van der Waals surface area contributed by atoms with Crippen molar-refractivity contribution in [3.8, 4) is 5.69 Å². The third-order valence-corrected chi connectivity index (χ3v) is 3.31. The molecule has 2 heterocycles. The van der Waals surface area contributed by atoms with Gasteiger partial charge in [0, 0.05) is 5.56 Å². The maximum absolute atomic E-state index is 6.35. The van der Waals surface area contributed by atoms with Crippen LogP contribution in [-0.2, 0) is 0 Å². The molecule has 1 aromatic carbocycles. The average Bonchev–Trinajstić information content (AvgIpc) is 3.05. The Morgan fingerprint density at radius 1 is 1.20 bits per heavy atom. The van der Waals surface area contributed by atoms with E-state index in [2.05, 4.69) is 10.3 Å². The molecule has 0 fully saturated rings. The lowest BCUT2D eigenvalue weighted by Gasteiger charge is -2.12. The number of benzene rings is 1. The normalized spacial score (nSPS) is 12.6. The number of para-hydroxylation sites is 1. The van der Waals surface area contributed by atoms with Crippen molar-refractivity contribution in [2.45, 2.75) is 19.9 Å². The number of nitrogens with zero attached hydrogens (tertiary/aromatic N) is 3. The van der Waals surface area contributed by atoms with E-state index in [1.54, 1.807) is 10.9 Å². The van der Waals surface area contributed by atoms with Crippen molar-refractivity contribution in [3.63, 3.8) is 0 Å². The van der Waals surface area contributed by atoms with Crippen molar-refractivity contribution in [1.29, 1.82) is 0 Å². The van der Waals surface area contributed by atoms with Crippen LogP contribution in [0.4, 0.5) is 0 Å². The first-order valence-corrected chi connectivity index (χ1v) is 6.45. The van der Waals surface area contributed by atoms with E-state index in [1.807, 2.05) is 50.2 Å². The summed E-state index contributed by atoms with van der Waals surface area (Å²) in [7, 11) is 0. The number of furan rings is 1. The van der Waals surface area contributed by atoms with Crippen LogP contribution in [0.25, 0.3) is 5.69 Å².